The third kappa shape index (κ3) is 6.47. The summed E-state index contributed by atoms with van der Waals surface area (Å²) in [6.07, 6.45) is 3.22. The molecule has 2 aliphatic rings. The van der Waals surface area contributed by atoms with Gasteiger partial charge in [0.1, 0.15) is 5.82 Å². The third-order valence-electron chi connectivity index (χ3n) is 7.31. The van der Waals surface area contributed by atoms with Crippen molar-refractivity contribution < 1.29 is 9.47 Å². The highest BCUT2D eigenvalue weighted by Gasteiger charge is 2.24. The molecule has 1 aromatic heterocycles. The number of ether oxygens (including phenoxy) is 2. The van der Waals surface area contributed by atoms with Crippen LogP contribution in [0.2, 0.25) is 0 Å². The van der Waals surface area contributed by atoms with E-state index in [0.29, 0.717) is 24.6 Å². The quantitative estimate of drug-likeness (QED) is 0.571. The highest BCUT2D eigenvalue weighted by atomic mass is 16.5. The zero-order valence-electron chi connectivity index (χ0n) is 22.5. The van der Waals surface area contributed by atoms with Crippen molar-refractivity contribution in [2.24, 2.45) is 5.92 Å². The number of likely N-dealkylation sites (tertiary alicyclic amines) is 1. The maximum absolute atomic E-state index is 6.14. The zero-order chi connectivity index (χ0) is 24.9. The van der Waals surface area contributed by atoms with Crippen molar-refractivity contribution in [3.05, 3.63) is 12.1 Å². The van der Waals surface area contributed by atoms with E-state index >= 15 is 0 Å². The largest absolute Gasteiger partial charge is 0.493 e. The third-order valence-corrected chi connectivity index (χ3v) is 7.31. The van der Waals surface area contributed by atoms with E-state index in [2.05, 4.69) is 54.8 Å². The molecule has 0 saturated carbocycles. The molecule has 0 atom stereocenters. The normalized spacial score (nSPS) is 18.6. The number of benzene rings is 1. The second-order valence-corrected chi connectivity index (χ2v) is 10.8. The minimum absolute atomic E-state index is 0.399. The minimum Gasteiger partial charge on any atom is -0.493 e. The fourth-order valence-corrected chi connectivity index (χ4v) is 4.81. The molecule has 0 spiro atoms. The van der Waals surface area contributed by atoms with Crippen molar-refractivity contribution in [1.82, 2.24) is 19.8 Å². The van der Waals surface area contributed by atoms with Crippen LogP contribution < -0.4 is 19.7 Å². The summed E-state index contributed by atoms with van der Waals surface area (Å²) < 4.78 is 11.9. The molecular weight excluding hydrogens is 440 g/mol. The van der Waals surface area contributed by atoms with E-state index < -0.39 is 0 Å². The first kappa shape index (κ1) is 25.8. The monoisotopic (exact) mass is 484 g/mol. The topological polar surface area (TPSA) is 66.0 Å². The Balaban J connectivity index is 1.65. The molecule has 1 aromatic carbocycles. The highest BCUT2D eigenvalue weighted by Crippen LogP contribution is 2.36. The smallest absolute Gasteiger partial charge is 0.227 e. The fourth-order valence-electron chi connectivity index (χ4n) is 4.81. The van der Waals surface area contributed by atoms with Gasteiger partial charge >= 0.3 is 0 Å². The summed E-state index contributed by atoms with van der Waals surface area (Å²) in [4.78, 5) is 17.3. The molecule has 0 aliphatic carbocycles. The van der Waals surface area contributed by atoms with Gasteiger partial charge in [-0.05, 0) is 52.1 Å². The molecule has 0 unspecified atom stereocenters. The van der Waals surface area contributed by atoms with E-state index in [9.17, 15) is 0 Å². The summed E-state index contributed by atoms with van der Waals surface area (Å²) in [5.41, 5.74) is 0.899. The van der Waals surface area contributed by atoms with Crippen LogP contribution in [0.15, 0.2) is 12.1 Å². The molecule has 1 N–H and O–H groups in total. The lowest BCUT2D eigenvalue weighted by atomic mass is 10.0. The average molecular weight is 485 g/mol. The zero-order valence-corrected chi connectivity index (χ0v) is 22.5. The number of aromatic nitrogens is 2. The lowest BCUT2D eigenvalue weighted by Gasteiger charge is -2.35. The fraction of sp³-hybridized carbons (Fsp3) is 0.704. The molecule has 0 bridgehead atoms. The molecule has 35 heavy (non-hydrogen) atoms. The van der Waals surface area contributed by atoms with Crippen molar-refractivity contribution in [2.75, 3.05) is 70.2 Å². The van der Waals surface area contributed by atoms with Gasteiger partial charge in [0.15, 0.2) is 11.5 Å². The summed E-state index contributed by atoms with van der Waals surface area (Å²) in [6.45, 7) is 15.8. The van der Waals surface area contributed by atoms with Gasteiger partial charge in [0.25, 0.3) is 0 Å². The highest BCUT2D eigenvalue weighted by molar-refractivity contribution is 5.93. The van der Waals surface area contributed by atoms with Crippen LogP contribution in [0.5, 0.6) is 11.5 Å². The summed E-state index contributed by atoms with van der Waals surface area (Å²) in [6, 6.07) is 5.07. The van der Waals surface area contributed by atoms with E-state index in [1.807, 2.05) is 12.1 Å². The van der Waals surface area contributed by atoms with Crippen LogP contribution in [-0.2, 0) is 0 Å². The molecule has 2 aromatic rings. The maximum atomic E-state index is 6.14. The Morgan fingerprint density at radius 2 is 1.69 bits per heavy atom. The number of anilines is 2. The van der Waals surface area contributed by atoms with E-state index in [1.165, 1.54) is 0 Å². The molecule has 3 heterocycles. The molecule has 194 valence electrons. The van der Waals surface area contributed by atoms with Gasteiger partial charge in [0.05, 0.1) is 19.2 Å². The first-order chi connectivity index (χ1) is 16.8. The summed E-state index contributed by atoms with van der Waals surface area (Å²) >= 11 is 0. The van der Waals surface area contributed by atoms with Gasteiger partial charge in [-0.1, -0.05) is 13.8 Å². The Kier molecular flexibility index (Phi) is 8.55. The molecule has 0 amide bonds. The number of rotatable bonds is 9. The van der Waals surface area contributed by atoms with Gasteiger partial charge in [-0.2, -0.15) is 4.98 Å². The Morgan fingerprint density at radius 1 is 0.971 bits per heavy atom. The summed E-state index contributed by atoms with van der Waals surface area (Å²) in [5.74, 6) is 3.77. The van der Waals surface area contributed by atoms with Crippen molar-refractivity contribution in [3.8, 4) is 11.5 Å². The Labute approximate surface area is 211 Å². The number of piperidine rings is 1. The molecule has 2 saturated heterocycles. The van der Waals surface area contributed by atoms with Crippen LogP contribution in [-0.4, -0.2) is 91.9 Å². The number of piperazine rings is 1. The standard InChI is InChI=1S/C27H44N6O2/c1-19(2)9-16-35-25-18-23-22(17-24(25)34-6)26(28-21-7-10-32(11-8-21)20(3)4)30-27(29-23)33-14-12-31(5)13-15-33/h17-21H,7-16H2,1-6H3,(H,28,29,30). The van der Waals surface area contributed by atoms with E-state index in [-0.39, 0.29) is 0 Å². The van der Waals surface area contributed by atoms with Crippen molar-refractivity contribution in [2.45, 2.75) is 59.0 Å². The molecule has 2 aliphatic heterocycles. The summed E-state index contributed by atoms with van der Waals surface area (Å²) in [7, 11) is 3.87. The van der Waals surface area contributed by atoms with Gasteiger partial charge in [-0.15, -0.1) is 0 Å². The van der Waals surface area contributed by atoms with Crippen LogP contribution >= 0.6 is 0 Å². The first-order valence-electron chi connectivity index (χ1n) is 13.3. The van der Waals surface area contributed by atoms with Crippen LogP contribution in [0.4, 0.5) is 11.8 Å². The molecular formula is C27H44N6O2. The molecule has 2 fully saturated rings. The first-order valence-corrected chi connectivity index (χ1v) is 13.3. The number of nitrogens with one attached hydrogen (secondary N) is 1. The van der Waals surface area contributed by atoms with Gasteiger partial charge in [0, 0.05) is 62.8 Å². The molecule has 4 rings (SSSR count). The second-order valence-electron chi connectivity index (χ2n) is 10.8. The van der Waals surface area contributed by atoms with Crippen LogP contribution in [0.25, 0.3) is 10.9 Å². The SMILES string of the molecule is COc1cc2c(NC3CCN(C(C)C)CC3)nc(N3CCN(C)CC3)nc2cc1OCCC(C)C. The predicted molar refractivity (Wildman–Crippen MR) is 144 cm³/mol. The number of hydrogen-bond acceptors (Lipinski definition) is 8. The Morgan fingerprint density at radius 3 is 2.31 bits per heavy atom. The summed E-state index contributed by atoms with van der Waals surface area (Å²) in [5, 5.41) is 4.78. The lowest BCUT2D eigenvalue weighted by Crippen LogP contribution is -2.45. The predicted octanol–water partition coefficient (Wildman–Crippen LogP) is 4.10. The van der Waals surface area contributed by atoms with E-state index in [1.54, 1.807) is 7.11 Å². The van der Waals surface area contributed by atoms with Crippen molar-refractivity contribution in [3.63, 3.8) is 0 Å². The lowest BCUT2D eigenvalue weighted by molar-refractivity contribution is 0.177. The average Bonchev–Trinajstić information content (AvgIpc) is 2.84. The molecule has 0 radical (unpaired) electrons. The van der Waals surface area contributed by atoms with Crippen LogP contribution in [0.1, 0.15) is 47.0 Å². The number of hydrogen-bond donors (Lipinski definition) is 1. The van der Waals surface area contributed by atoms with Gasteiger partial charge in [-0.3, -0.25) is 0 Å². The number of methoxy groups -OCH3 is 1. The Hall–Kier alpha value is -2.32. The number of likely N-dealkylation sites (N-methyl/N-ethyl adjacent to an activating group) is 1. The van der Waals surface area contributed by atoms with Crippen LogP contribution in [0, 0.1) is 5.92 Å². The molecule has 8 heteroatoms. The van der Waals surface area contributed by atoms with Crippen molar-refractivity contribution >= 4 is 22.7 Å². The maximum Gasteiger partial charge on any atom is 0.227 e. The van der Waals surface area contributed by atoms with Crippen LogP contribution in [0.3, 0.4) is 0 Å². The van der Waals surface area contributed by atoms with E-state index in [0.717, 1.165) is 92.7 Å². The van der Waals surface area contributed by atoms with Gasteiger partial charge in [0.2, 0.25) is 5.95 Å². The second kappa shape index (κ2) is 11.6. The minimum atomic E-state index is 0.399. The van der Waals surface area contributed by atoms with Gasteiger partial charge in [-0.25, -0.2) is 4.98 Å². The molecule has 8 nitrogen and oxygen atoms in total. The number of fused-ring (bicyclic) bond motifs is 1. The van der Waals surface area contributed by atoms with Gasteiger partial charge < -0.3 is 29.5 Å². The van der Waals surface area contributed by atoms with Crippen molar-refractivity contribution in [1.29, 1.82) is 0 Å². The number of nitrogens with zero attached hydrogens (tertiary/aromatic N) is 5. The van der Waals surface area contributed by atoms with E-state index in [4.69, 9.17) is 19.4 Å². The Bertz CT molecular complexity index is 966.